The average Bonchev–Trinajstić information content (AvgIpc) is 2.93. The van der Waals surface area contributed by atoms with Gasteiger partial charge in [-0.1, -0.05) is 6.07 Å². The zero-order valence-electron chi connectivity index (χ0n) is 9.26. The van der Waals surface area contributed by atoms with Crippen LogP contribution in [0.2, 0.25) is 0 Å². The monoisotopic (exact) mass is 225 g/mol. The molecule has 1 aliphatic heterocycles. The third-order valence-electron chi connectivity index (χ3n) is 3.28. The number of fused-ring (bicyclic) bond motifs is 1. The number of hydrogen-bond donors (Lipinski definition) is 0. The second-order valence-electron chi connectivity index (χ2n) is 4.35. The van der Waals surface area contributed by atoms with E-state index in [0.717, 1.165) is 25.0 Å². The normalized spacial score (nSPS) is 22.3. The van der Waals surface area contributed by atoms with Crippen LogP contribution in [-0.2, 0) is 4.79 Å². The molecule has 4 nitrogen and oxygen atoms in total. The average molecular weight is 225 g/mol. The maximum Gasteiger partial charge on any atom is 0.256 e. The molecule has 0 bridgehead atoms. The molecule has 1 fully saturated rings. The Balaban J connectivity index is 1.98. The van der Waals surface area contributed by atoms with E-state index in [1.54, 1.807) is 18.2 Å². The Morgan fingerprint density at radius 2 is 2.35 bits per heavy atom. The first-order chi connectivity index (χ1) is 8.29. The van der Waals surface area contributed by atoms with Gasteiger partial charge in [0.1, 0.15) is 0 Å². The number of hydrogen-bond acceptors (Lipinski definition) is 3. The van der Waals surface area contributed by atoms with Crippen LogP contribution in [0.25, 0.3) is 0 Å². The molecule has 0 aromatic heterocycles. The fourth-order valence-corrected chi connectivity index (χ4v) is 2.43. The van der Waals surface area contributed by atoms with Gasteiger partial charge in [0.15, 0.2) is 0 Å². The van der Waals surface area contributed by atoms with Crippen LogP contribution in [0.5, 0.6) is 0 Å². The van der Waals surface area contributed by atoms with Gasteiger partial charge in [-0.3, -0.25) is 4.79 Å². The largest absolute Gasteiger partial charge is 0.272 e. The summed E-state index contributed by atoms with van der Waals surface area (Å²) in [6, 6.07) is 9.07. The Bertz CT molecular complexity index is 556. The number of benzene rings is 1. The van der Waals surface area contributed by atoms with Crippen LogP contribution >= 0.6 is 0 Å². The highest BCUT2D eigenvalue weighted by Gasteiger charge is 2.39. The van der Waals surface area contributed by atoms with Crippen molar-refractivity contribution in [2.75, 3.05) is 5.01 Å². The lowest BCUT2D eigenvalue weighted by atomic mass is 10.1. The predicted molar refractivity (Wildman–Crippen MR) is 63.4 cm³/mol. The van der Waals surface area contributed by atoms with E-state index in [0.29, 0.717) is 11.3 Å². The molecule has 4 heteroatoms. The lowest BCUT2D eigenvalue weighted by molar-refractivity contribution is -0.119. The minimum Gasteiger partial charge on any atom is -0.272 e. The Kier molecular flexibility index (Phi) is 2.19. The van der Waals surface area contributed by atoms with Gasteiger partial charge in [-0.2, -0.15) is 10.4 Å². The molecule has 1 aromatic carbocycles. The van der Waals surface area contributed by atoms with Crippen LogP contribution in [0.15, 0.2) is 29.4 Å². The van der Waals surface area contributed by atoms with E-state index in [4.69, 9.17) is 5.26 Å². The van der Waals surface area contributed by atoms with Gasteiger partial charge >= 0.3 is 0 Å². The lowest BCUT2D eigenvalue weighted by Crippen LogP contribution is -2.25. The molecule has 1 aromatic rings. The van der Waals surface area contributed by atoms with E-state index in [2.05, 4.69) is 11.2 Å². The minimum absolute atomic E-state index is 0.0132. The number of anilines is 1. The van der Waals surface area contributed by atoms with E-state index < -0.39 is 0 Å². The quantitative estimate of drug-likeness (QED) is 0.734. The van der Waals surface area contributed by atoms with E-state index in [1.165, 1.54) is 5.01 Å². The number of rotatable bonds is 1. The standard InChI is InChI=1S/C13H11N3O/c14-8-9-3-1-4-10(7-9)16-13(17)11-5-2-6-12(11)15-16/h1,3-4,7,11H,2,5-6H2. The molecule has 17 heavy (non-hydrogen) atoms. The molecule has 0 N–H and O–H groups in total. The molecule has 1 heterocycles. The fourth-order valence-electron chi connectivity index (χ4n) is 2.43. The van der Waals surface area contributed by atoms with Crippen LogP contribution in [0.3, 0.4) is 0 Å². The van der Waals surface area contributed by atoms with Gasteiger partial charge in [-0.05, 0) is 37.5 Å². The van der Waals surface area contributed by atoms with Crippen molar-refractivity contribution in [2.24, 2.45) is 11.0 Å². The molecule has 3 rings (SSSR count). The summed E-state index contributed by atoms with van der Waals surface area (Å²) in [5, 5.41) is 14.7. The van der Waals surface area contributed by atoms with Gasteiger partial charge in [0.05, 0.1) is 28.9 Å². The molecule has 1 saturated carbocycles. The summed E-state index contributed by atoms with van der Waals surface area (Å²) in [5.74, 6) is 0.0355. The summed E-state index contributed by atoms with van der Waals surface area (Å²) < 4.78 is 0. The van der Waals surface area contributed by atoms with Gasteiger partial charge in [0.2, 0.25) is 0 Å². The number of hydrazone groups is 1. The lowest BCUT2D eigenvalue weighted by Gasteiger charge is -2.13. The first-order valence-electron chi connectivity index (χ1n) is 5.71. The highest BCUT2D eigenvalue weighted by atomic mass is 16.2. The second kappa shape index (κ2) is 3.70. The van der Waals surface area contributed by atoms with Crippen LogP contribution in [0.1, 0.15) is 24.8 Å². The van der Waals surface area contributed by atoms with E-state index in [-0.39, 0.29) is 11.8 Å². The topological polar surface area (TPSA) is 56.5 Å². The summed E-state index contributed by atoms with van der Waals surface area (Å²) in [4.78, 5) is 12.1. The summed E-state index contributed by atoms with van der Waals surface area (Å²) in [6.45, 7) is 0. The van der Waals surface area contributed by atoms with Crippen molar-refractivity contribution in [3.63, 3.8) is 0 Å². The molecule has 1 unspecified atom stereocenters. The molecule has 0 saturated heterocycles. The van der Waals surface area contributed by atoms with Crippen LogP contribution in [0, 0.1) is 17.2 Å². The summed E-state index contributed by atoms with van der Waals surface area (Å²) in [5.41, 5.74) is 2.24. The molecule has 1 amide bonds. The van der Waals surface area contributed by atoms with Crippen molar-refractivity contribution in [3.8, 4) is 6.07 Å². The molecule has 1 atom stereocenters. The highest BCUT2D eigenvalue weighted by molar-refractivity contribution is 6.16. The van der Waals surface area contributed by atoms with Crippen molar-refractivity contribution in [1.29, 1.82) is 5.26 Å². The number of nitrogens with zero attached hydrogens (tertiary/aromatic N) is 3. The van der Waals surface area contributed by atoms with Crippen molar-refractivity contribution in [2.45, 2.75) is 19.3 Å². The molecule has 84 valence electrons. The maximum atomic E-state index is 12.1. The van der Waals surface area contributed by atoms with E-state index in [1.807, 2.05) is 6.07 Å². The Morgan fingerprint density at radius 3 is 3.12 bits per heavy atom. The zero-order chi connectivity index (χ0) is 11.8. The number of amides is 1. The van der Waals surface area contributed by atoms with Crippen LogP contribution in [0.4, 0.5) is 5.69 Å². The fraction of sp³-hybridized carbons (Fsp3) is 0.308. The number of carbonyl (C=O) groups excluding carboxylic acids is 1. The summed E-state index contributed by atoms with van der Waals surface area (Å²) in [7, 11) is 0. The number of nitriles is 1. The summed E-state index contributed by atoms with van der Waals surface area (Å²) in [6.07, 6.45) is 2.89. The summed E-state index contributed by atoms with van der Waals surface area (Å²) >= 11 is 0. The molecular formula is C13H11N3O. The highest BCUT2D eigenvalue weighted by Crippen LogP contribution is 2.33. The Hall–Kier alpha value is -2.15. The van der Waals surface area contributed by atoms with Gasteiger partial charge < -0.3 is 0 Å². The molecular weight excluding hydrogens is 214 g/mol. The van der Waals surface area contributed by atoms with Crippen LogP contribution in [-0.4, -0.2) is 11.6 Å². The second-order valence-corrected chi connectivity index (χ2v) is 4.35. The first kappa shape index (κ1) is 10.0. The Labute approximate surface area is 99.2 Å². The predicted octanol–water partition coefficient (Wildman–Crippen LogP) is 2.06. The van der Waals surface area contributed by atoms with Gasteiger partial charge in [0.25, 0.3) is 5.91 Å². The number of carbonyl (C=O) groups is 1. The van der Waals surface area contributed by atoms with Gasteiger partial charge in [-0.25, -0.2) is 5.01 Å². The zero-order valence-corrected chi connectivity index (χ0v) is 9.26. The molecule has 2 aliphatic rings. The van der Waals surface area contributed by atoms with E-state index in [9.17, 15) is 4.79 Å². The van der Waals surface area contributed by atoms with Crippen molar-refractivity contribution < 1.29 is 4.79 Å². The molecule has 0 radical (unpaired) electrons. The van der Waals surface area contributed by atoms with Gasteiger partial charge in [-0.15, -0.1) is 0 Å². The molecule has 0 spiro atoms. The first-order valence-corrected chi connectivity index (χ1v) is 5.71. The molecule has 1 aliphatic carbocycles. The van der Waals surface area contributed by atoms with Crippen molar-refractivity contribution in [3.05, 3.63) is 29.8 Å². The van der Waals surface area contributed by atoms with Gasteiger partial charge in [0, 0.05) is 0 Å². The maximum absolute atomic E-state index is 12.1. The third kappa shape index (κ3) is 1.51. The SMILES string of the molecule is N#Cc1cccc(N2N=C3CCCC3C2=O)c1. The van der Waals surface area contributed by atoms with Crippen molar-refractivity contribution >= 4 is 17.3 Å². The smallest absolute Gasteiger partial charge is 0.256 e. The van der Waals surface area contributed by atoms with Crippen molar-refractivity contribution in [1.82, 2.24) is 0 Å². The van der Waals surface area contributed by atoms with E-state index >= 15 is 0 Å². The van der Waals surface area contributed by atoms with Crippen LogP contribution < -0.4 is 5.01 Å². The Morgan fingerprint density at radius 1 is 1.47 bits per heavy atom. The third-order valence-corrected chi connectivity index (χ3v) is 3.28. The minimum atomic E-state index is -0.0132.